The summed E-state index contributed by atoms with van der Waals surface area (Å²) in [7, 11) is 0. The van der Waals surface area contributed by atoms with Crippen LogP contribution >= 0.6 is 0 Å². The number of carboxylic acid groups (broad SMARTS) is 1. The average molecular weight is 278 g/mol. The fourth-order valence-corrected chi connectivity index (χ4v) is 2.31. The molecule has 1 fully saturated rings. The summed E-state index contributed by atoms with van der Waals surface area (Å²) in [5, 5.41) is 12.5. The molecule has 0 radical (unpaired) electrons. The molecule has 1 aromatic rings. The summed E-state index contributed by atoms with van der Waals surface area (Å²) in [6.45, 7) is 6.74. The van der Waals surface area contributed by atoms with E-state index >= 15 is 0 Å². The van der Waals surface area contributed by atoms with Gasteiger partial charge in [-0.3, -0.25) is 0 Å². The number of anilines is 1. The SMILES string of the molecule is CCOC1CC(Nc2cc(C(=O)O)cc(C(C)C)n2)C1. The van der Waals surface area contributed by atoms with Gasteiger partial charge in [-0.1, -0.05) is 13.8 Å². The van der Waals surface area contributed by atoms with Crippen LogP contribution in [-0.4, -0.2) is 34.8 Å². The zero-order valence-electron chi connectivity index (χ0n) is 12.2. The van der Waals surface area contributed by atoms with Gasteiger partial charge in [0.15, 0.2) is 0 Å². The van der Waals surface area contributed by atoms with E-state index in [2.05, 4.69) is 10.3 Å². The number of aromatic nitrogens is 1. The first-order chi connectivity index (χ1) is 9.49. The molecule has 0 aliphatic heterocycles. The summed E-state index contributed by atoms with van der Waals surface area (Å²) in [6.07, 6.45) is 2.22. The van der Waals surface area contributed by atoms with E-state index < -0.39 is 5.97 Å². The fraction of sp³-hybridized carbons (Fsp3) is 0.600. The highest BCUT2D eigenvalue weighted by Crippen LogP contribution is 2.27. The topological polar surface area (TPSA) is 71.5 Å². The number of rotatable bonds is 6. The van der Waals surface area contributed by atoms with Crippen LogP contribution in [0.4, 0.5) is 5.82 Å². The third-order valence-corrected chi connectivity index (χ3v) is 3.53. The molecular formula is C15H22N2O3. The van der Waals surface area contributed by atoms with Crippen molar-refractivity contribution >= 4 is 11.8 Å². The largest absolute Gasteiger partial charge is 0.478 e. The summed E-state index contributed by atoms with van der Waals surface area (Å²) < 4.78 is 5.52. The first kappa shape index (κ1) is 14.8. The minimum Gasteiger partial charge on any atom is -0.478 e. The smallest absolute Gasteiger partial charge is 0.335 e. The molecule has 0 bridgehead atoms. The van der Waals surface area contributed by atoms with Crippen LogP contribution in [0.2, 0.25) is 0 Å². The highest BCUT2D eigenvalue weighted by molar-refractivity contribution is 5.88. The lowest BCUT2D eigenvalue weighted by atomic mass is 9.89. The van der Waals surface area contributed by atoms with Crippen molar-refractivity contribution in [1.82, 2.24) is 4.98 Å². The molecule has 1 aliphatic rings. The number of aromatic carboxylic acids is 1. The third-order valence-electron chi connectivity index (χ3n) is 3.53. The quantitative estimate of drug-likeness (QED) is 0.837. The number of nitrogens with zero attached hydrogens (tertiary/aromatic N) is 1. The Balaban J connectivity index is 2.06. The zero-order valence-corrected chi connectivity index (χ0v) is 12.2. The fourth-order valence-electron chi connectivity index (χ4n) is 2.31. The summed E-state index contributed by atoms with van der Waals surface area (Å²) in [4.78, 5) is 15.7. The van der Waals surface area contributed by atoms with Crippen LogP contribution in [0.15, 0.2) is 12.1 Å². The molecule has 2 rings (SSSR count). The van der Waals surface area contributed by atoms with Crippen LogP contribution in [0.3, 0.4) is 0 Å². The van der Waals surface area contributed by atoms with Crippen molar-refractivity contribution in [1.29, 1.82) is 0 Å². The monoisotopic (exact) mass is 278 g/mol. The Morgan fingerprint density at radius 1 is 1.50 bits per heavy atom. The molecule has 0 saturated heterocycles. The van der Waals surface area contributed by atoms with Crippen LogP contribution < -0.4 is 5.32 Å². The number of nitrogens with one attached hydrogen (secondary N) is 1. The third kappa shape index (κ3) is 3.48. The Bertz CT molecular complexity index is 482. The first-order valence-electron chi connectivity index (χ1n) is 7.13. The molecular weight excluding hydrogens is 256 g/mol. The lowest BCUT2D eigenvalue weighted by Crippen LogP contribution is -2.41. The van der Waals surface area contributed by atoms with E-state index in [9.17, 15) is 4.79 Å². The van der Waals surface area contributed by atoms with Gasteiger partial charge in [0.25, 0.3) is 0 Å². The maximum absolute atomic E-state index is 11.2. The van der Waals surface area contributed by atoms with Crippen LogP contribution in [0.25, 0.3) is 0 Å². The highest BCUT2D eigenvalue weighted by Gasteiger charge is 2.29. The van der Waals surface area contributed by atoms with Crippen molar-refractivity contribution in [3.63, 3.8) is 0 Å². The van der Waals surface area contributed by atoms with Crippen molar-refractivity contribution < 1.29 is 14.6 Å². The van der Waals surface area contributed by atoms with Gasteiger partial charge < -0.3 is 15.2 Å². The van der Waals surface area contributed by atoms with E-state index in [-0.39, 0.29) is 11.5 Å². The van der Waals surface area contributed by atoms with Gasteiger partial charge in [0.1, 0.15) is 5.82 Å². The molecule has 1 aromatic heterocycles. The van der Waals surface area contributed by atoms with E-state index in [1.807, 2.05) is 20.8 Å². The molecule has 0 aromatic carbocycles. The number of carbonyl (C=O) groups is 1. The number of carboxylic acids is 1. The van der Waals surface area contributed by atoms with E-state index in [1.165, 1.54) is 0 Å². The molecule has 2 N–H and O–H groups in total. The second-order valence-corrected chi connectivity index (χ2v) is 5.52. The first-order valence-corrected chi connectivity index (χ1v) is 7.13. The van der Waals surface area contributed by atoms with Crippen LogP contribution in [0.5, 0.6) is 0 Å². The Morgan fingerprint density at radius 3 is 2.75 bits per heavy atom. The minimum atomic E-state index is -0.918. The predicted molar refractivity (Wildman–Crippen MR) is 77.3 cm³/mol. The van der Waals surface area contributed by atoms with Crippen molar-refractivity contribution in [2.45, 2.75) is 51.7 Å². The van der Waals surface area contributed by atoms with Crippen LogP contribution in [-0.2, 0) is 4.74 Å². The van der Waals surface area contributed by atoms with Gasteiger partial charge in [-0.25, -0.2) is 9.78 Å². The Morgan fingerprint density at radius 2 is 2.20 bits per heavy atom. The summed E-state index contributed by atoms with van der Waals surface area (Å²) in [5.41, 5.74) is 1.08. The van der Waals surface area contributed by atoms with E-state index in [0.717, 1.165) is 25.1 Å². The van der Waals surface area contributed by atoms with Gasteiger partial charge in [-0.2, -0.15) is 0 Å². The zero-order chi connectivity index (χ0) is 14.7. The highest BCUT2D eigenvalue weighted by atomic mass is 16.5. The lowest BCUT2D eigenvalue weighted by molar-refractivity contribution is 0.00291. The summed E-state index contributed by atoms with van der Waals surface area (Å²) in [6, 6.07) is 3.56. The van der Waals surface area contributed by atoms with Crippen LogP contribution in [0, 0.1) is 0 Å². The summed E-state index contributed by atoms with van der Waals surface area (Å²) in [5.74, 6) is -0.0703. The normalized spacial score (nSPS) is 21.6. The maximum atomic E-state index is 11.2. The molecule has 5 nitrogen and oxygen atoms in total. The second kappa shape index (κ2) is 6.22. The van der Waals surface area contributed by atoms with E-state index in [0.29, 0.717) is 18.0 Å². The molecule has 0 unspecified atom stereocenters. The number of hydrogen-bond donors (Lipinski definition) is 2. The molecule has 0 spiro atoms. The molecule has 1 saturated carbocycles. The molecule has 110 valence electrons. The van der Waals surface area contributed by atoms with E-state index in [1.54, 1.807) is 12.1 Å². The number of hydrogen-bond acceptors (Lipinski definition) is 4. The average Bonchev–Trinajstić information content (AvgIpc) is 2.35. The molecule has 5 heteroatoms. The molecule has 0 atom stereocenters. The van der Waals surface area contributed by atoms with Gasteiger partial charge in [0.2, 0.25) is 0 Å². The van der Waals surface area contributed by atoms with Crippen molar-refractivity contribution in [2.24, 2.45) is 0 Å². The lowest BCUT2D eigenvalue weighted by Gasteiger charge is -2.35. The standard InChI is InChI=1S/C15H22N2O3/c1-4-20-12-7-11(8-12)16-14-6-10(15(18)19)5-13(17-14)9(2)3/h5-6,9,11-12H,4,7-8H2,1-3H3,(H,16,17)(H,18,19). The van der Waals surface area contributed by atoms with Crippen molar-refractivity contribution in [3.05, 3.63) is 23.4 Å². The predicted octanol–water partition coefficient (Wildman–Crippen LogP) is 2.88. The van der Waals surface area contributed by atoms with Crippen molar-refractivity contribution in [2.75, 3.05) is 11.9 Å². The van der Waals surface area contributed by atoms with Gasteiger partial charge >= 0.3 is 5.97 Å². The Kier molecular flexibility index (Phi) is 4.60. The minimum absolute atomic E-state index is 0.201. The van der Waals surface area contributed by atoms with Gasteiger partial charge in [0.05, 0.1) is 11.7 Å². The maximum Gasteiger partial charge on any atom is 0.335 e. The number of pyridine rings is 1. The molecule has 1 heterocycles. The summed E-state index contributed by atoms with van der Waals surface area (Å²) >= 11 is 0. The number of ether oxygens (including phenoxy) is 1. The second-order valence-electron chi connectivity index (χ2n) is 5.52. The molecule has 1 aliphatic carbocycles. The van der Waals surface area contributed by atoms with Crippen LogP contribution in [0.1, 0.15) is 55.6 Å². The van der Waals surface area contributed by atoms with Crippen molar-refractivity contribution in [3.8, 4) is 0 Å². The Hall–Kier alpha value is -1.62. The molecule has 20 heavy (non-hydrogen) atoms. The van der Waals surface area contributed by atoms with Gasteiger partial charge in [-0.05, 0) is 37.8 Å². The van der Waals surface area contributed by atoms with Gasteiger partial charge in [-0.15, -0.1) is 0 Å². The Labute approximate surface area is 119 Å². The van der Waals surface area contributed by atoms with Gasteiger partial charge in [0, 0.05) is 18.3 Å². The van der Waals surface area contributed by atoms with E-state index in [4.69, 9.17) is 9.84 Å². The molecule has 0 amide bonds.